The van der Waals surface area contributed by atoms with E-state index in [9.17, 15) is 0 Å². The number of rotatable bonds is 9. The molecule has 1 N–H and O–H groups in total. The summed E-state index contributed by atoms with van der Waals surface area (Å²) < 4.78 is 2.23. The molecule has 0 saturated carbocycles. The number of nitrogens with one attached hydrogen (secondary N) is 1. The van der Waals surface area contributed by atoms with Crippen LogP contribution in [0.1, 0.15) is 64.2 Å². The highest BCUT2D eigenvalue weighted by Crippen LogP contribution is 2.18. The third-order valence-electron chi connectivity index (χ3n) is 3.34. The third kappa shape index (κ3) is 4.50. The molecule has 3 nitrogen and oxygen atoms in total. The number of hydrogen-bond donors (Lipinski definition) is 1. The summed E-state index contributed by atoms with van der Waals surface area (Å²) in [6, 6.07) is 0.409. The van der Waals surface area contributed by atoms with Crippen molar-refractivity contribution in [2.45, 2.75) is 65.0 Å². The van der Waals surface area contributed by atoms with Gasteiger partial charge in [-0.1, -0.05) is 39.0 Å². The Bertz CT molecular complexity index is 293. The lowest BCUT2D eigenvalue weighted by Crippen LogP contribution is -2.20. The summed E-state index contributed by atoms with van der Waals surface area (Å²) in [5.41, 5.74) is 0. The molecule has 3 heteroatoms. The largest absolute Gasteiger partial charge is 0.334 e. The lowest BCUT2D eigenvalue weighted by atomic mass is 10.1. The van der Waals surface area contributed by atoms with Crippen LogP contribution < -0.4 is 5.32 Å². The van der Waals surface area contributed by atoms with Crippen LogP contribution in [0.5, 0.6) is 0 Å². The fourth-order valence-electron chi connectivity index (χ4n) is 2.25. The minimum Gasteiger partial charge on any atom is -0.334 e. The van der Waals surface area contributed by atoms with Crippen molar-refractivity contribution in [3.8, 4) is 0 Å². The molecule has 0 aliphatic rings. The average Bonchev–Trinajstić information content (AvgIpc) is 2.82. The quantitative estimate of drug-likeness (QED) is 0.666. The zero-order chi connectivity index (χ0) is 12.5. The van der Waals surface area contributed by atoms with E-state index in [1.807, 2.05) is 13.2 Å². The molecule has 0 radical (unpaired) electrons. The highest BCUT2D eigenvalue weighted by Gasteiger charge is 2.13. The number of imidazole rings is 1. The average molecular weight is 237 g/mol. The first-order valence-corrected chi connectivity index (χ1v) is 7.01. The number of hydrogen-bond acceptors (Lipinski definition) is 2. The molecule has 0 saturated heterocycles. The Morgan fingerprint density at radius 2 is 2.00 bits per heavy atom. The molecular formula is C14H27N3. The van der Waals surface area contributed by atoms with Crippen LogP contribution in [0.3, 0.4) is 0 Å². The summed E-state index contributed by atoms with van der Waals surface area (Å²) in [7, 11) is 2.03. The van der Waals surface area contributed by atoms with Gasteiger partial charge in [0, 0.05) is 18.9 Å². The van der Waals surface area contributed by atoms with Gasteiger partial charge in [-0.2, -0.15) is 0 Å². The molecule has 98 valence electrons. The van der Waals surface area contributed by atoms with Crippen molar-refractivity contribution >= 4 is 0 Å². The Morgan fingerprint density at radius 1 is 1.24 bits per heavy atom. The highest BCUT2D eigenvalue weighted by atomic mass is 15.1. The minimum atomic E-state index is 0.409. The number of nitrogens with zero attached hydrogens (tertiary/aromatic N) is 2. The van der Waals surface area contributed by atoms with Crippen LogP contribution in [0.4, 0.5) is 0 Å². The van der Waals surface area contributed by atoms with Crippen LogP contribution in [0.15, 0.2) is 12.4 Å². The monoisotopic (exact) mass is 237 g/mol. The van der Waals surface area contributed by atoms with Gasteiger partial charge >= 0.3 is 0 Å². The van der Waals surface area contributed by atoms with Gasteiger partial charge in [-0.15, -0.1) is 0 Å². The highest BCUT2D eigenvalue weighted by molar-refractivity contribution is 4.99. The zero-order valence-corrected chi connectivity index (χ0v) is 11.6. The van der Waals surface area contributed by atoms with Gasteiger partial charge in [0.25, 0.3) is 0 Å². The van der Waals surface area contributed by atoms with Crippen LogP contribution in [0.2, 0.25) is 0 Å². The molecular weight excluding hydrogens is 210 g/mol. The first kappa shape index (κ1) is 14.2. The second kappa shape index (κ2) is 8.29. The molecule has 1 unspecified atom stereocenters. The SMILES string of the molecule is CCCCCCCC(NC)c1nccn1CC. The predicted molar refractivity (Wildman–Crippen MR) is 73.1 cm³/mol. The fraction of sp³-hybridized carbons (Fsp3) is 0.786. The van der Waals surface area contributed by atoms with Crippen LogP contribution in [0, 0.1) is 0 Å². The topological polar surface area (TPSA) is 29.9 Å². The van der Waals surface area contributed by atoms with Crippen molar-refractivity contribution in [2.75, 3.05) is 7.05 Å². The second-order valence-electron chi connectivity index (χ2n) is 4.62. The first-order chi connectivity index (χ1) is 8.33. The molecule has 0 bridgehead atoms. The third-order valence-corrected chi connectivity index (χ3v) is 3.34. The minimum absolute atomic E-state index is 0.409. The molecule has 0 aliphatic heterocycles. The lowest BCUT2D eigenvalue weighted by molar-refractivity contribution is 0.464. The smallest absolute Gasteiger partial charge is 0.125 e. The molecule has 1 aromatic heterocycles. The Balaban J connectivity index is 2.38. The molecule has 1 rings (SSSR count). The van der Waals surface area contributed by atoms with Crippen molar-refractivity contribution in [1.29, 1.82) is 0 Å². The van der Waals surface area contributed by atoms with Crippen molar-refractivity contribution in [1.82, 2.24) is 14.9 Å². The number of unbranched alkanes of at least 4 members (excludes halogenated alkanes) is 4. The fourth-order valence-corrected chi connectivity index (χ4v) is 2.25. The molecule has 0 aliphatic carbocycles. The Labute approximate surface area is 106 Å². The summed E-state index contributed by atoms with van der Waals surface area (Å²) >= 11 is 0. The standard InChI is InChI=1S/C14H27N3/c1-4-6-7-8-9-10-13(15-3)14-16-11-12-17(14)5-2/h11-13,15H,4-10H2,1-3H3. The normalized spacial score (nSPS) is 12.9. The van der Waals surface area contributed by atoms with E-state index in [-0.39, 0.29) is 0 Å². The Morgan fingerprint density at radius 3 is 2.65 bits per heavy atom. The number of aryl methyl sites for hydroxylation is 1. The van der Waals surface area contributed by atoms with E-state index in [0.717, 1.165) is 6.54 Å². The number of aromatic nitrogens is 2. The molecule has 0 spiro atoms. The Kier molecular flexibility index (Phi) is 6.94. The van der Waals surface area contributed by atoms with E-state index in [4.69, 9.17) is 0 Å². The van der Waals surface area contributed by atoms with E-state index >= 15 is 0 Å². The van der Waals surface area contributed by atoms with Gasteiger partial charge in [-0.25, -0.2) is 4.98 Å². The van der Waals surface area contributed by atoms with Gasteiger partial charge in [-0.3, -0.25) is 0 Å². The maximum atomic E-state index is 4.47. The summed E-state index contributed by atoms with van der Waals surface area (Å²) in [5, 5.41) is 3.39. The van der Waals surface area contributed by atoms with Crippen molar-refractivity contribution in [3.63, 3.8) is 0 Å². The van der Waals surface area contributed by atoms with E-state index in [1.165, 1.54) is 44.3 Å². The van der Waals surface area contributed by atoms with Crippen LogP contribution in [-0.2, 0) is 6.54 Å². The Hall–Kier alpha value is -0.830. The van der Waals surface area contributed by atoms with E-state index in [0.29, 0.717) is 6.04 Å². The predicted octanol–water partition coefficient (Wildman–Crippen LogP) is 3.52. The van der Waals surface area contributed by atoms with Crippen LogP contribution in [0.25, 0.3) is 0 Å². The molecule has 0 amide bonds. The van der Waals surface area contributed by atoms with E-state index in [2.05, 4.69) is 34.9 Å². The molecule has 0 aromatic carbocycles. The van der Waals surface area contributed by atoms with E-state index < -0.39 is 0 Å². The van der Waals surface area contributed by atoms with Gasteiger partial charge in [0.15, 0.2) is 0 Å². The van der Waals surface area contributed by atoms with Gasteiger partial charge in [0.2, 0.25) is 0 Å². The molecule has 0 fully saturated rings. The molecule has 1 atom stereocenters. The lowest BCUT2D eigenvalue weighted by Gasteiger charge is -2.16. The molecule has 17 heavy (non-hydrogen) atoms. The maximum Gasteiger partial charge on any atom is 0.125 e. The van der Waals surface area contributed by atoms with Crippen LogP contribution in [-0.4, -0.2) is 16.6 Å². The van der Waals surface area contributed by atoms with Gasteiger partial charge in [0.1, 0.15) is 5.82 Å². The van der Waals surface area contributed by atoms with Gasteiger partial charge in [-0.05, 0) is 20.4 Å². The summed E-state index contributed by atoms with van der Waals surface area (Å²) in [5.74, 6) is 1.19. The van der Waals surface area contributed by atoms with Crippen LogP contribution >= 0.6 is 0 Å². The summed E-state index contributed by atoms with van der Waals surface area (Å²) in [4.78, 5) is 4.47. The first-order valence-electron chi connectivity index (χ1n) is 7.01. The summed E-state index contributed by atoms with van der Waals surface area (Å²) in [6.45, 7) is 5.43. The maximum absolute atomic E-state index is 4.47. The molecule has 1 heterocycles. The second-order valence-corrected chi connectivity index (χ2v) is 4.62. The van der Waals surface area contributed by atoms with Crippen molar-refractivity contribution in [2.24, 2.45) is 0 Å². The summed E-state index contributed by atoms with van der Waals surface area (Å²) in [6.07, 6.45) is 11.9. The van der Waals surface area contributed by atoms with E-state index in [1.54, 1.807) is 0 Å². The van der Waals surface area contributed by atoms with Crippen molar-refractivity contribution < 1.29 is 0 Å². The van der Waals surface area contributed by atoms with Gasteiger partial charge < -0.3 is 9.88 Å². The zero-order valence-electron chi connectivity index (χ0n) is 11.6. The van der Waals surface area contributed by atoms with Gasteiger partial charge in [0.05, 0.1) is 6.04 Å². The molecule has 1 aromatic rings. The van der Waals surface area contributed by atoms with Crippen molar-refractivity contribution in [3.05, 3.63) is 18.2 Å².